The maximum Gasteiger partial charge on any atom is 0.319 e. The highest BCUT2D eigenvalue weighted by Gasteiger charge is 2.13. The van der Waals surface area contributed by atoms with Crippen molar-refractivity contribution in [3.8, 4) is 0 Å². The first kappa shape index (κ1) is 16.3. The van der Waals surface area contributed by atoms with Crippen LogP contribution in [0.25, 0.3) is 0 Å². The molecule has 22 heavy (non-hydrogen) atoms. The lowest BCUT2D eigenvalue weighted by molar-refractivity contribution is 0.252. The third-order valence-corrected chi connectivity index (χ3v) is 3.78. The zero-order valence-corrected chi connectivity index (χ0v) is 13.5. The van der Waals surface area contributed by atoms with E-state index in [0.29, 0.717) is 18.0 Å². The monoisotopic (exact) mass is 321 g/mol. The molecule has 0 atom stereocenters. The Labute approximate surface area is 134 Å². The molecule has 0 fully saturated rings. The van der Waals surface area contributed by atoms with Gasteiger partial charge in [-0.1, -0.05) is 31.5 Å². The zero-order chi connectivity index (χ0) is 15.9. The normalized spacial score (nSPS) is 10.5. The maximum atomic E-state index is 12.1. The van der Waals surface area contributed by atoms with Gasteiger partial charge in [0.1, 0.15) is 12.2 Å². The minimum atomic E-state index is -0.244. The summed E-state index contributed by atoms with van der Waals surface area (Å²) < 4.78 is 0. The van der Waals surface area contributed by atoms with Gasteiger partial charge in [-0.25, -0.2) is 9.78 Å². The van der Waals surface area contributed by atoms with Crippen LogP contribution in [-0.4, -0.2) is 27.8 Å². The molecule has 0 aliphatic carbocycles. The molecule has 2 rings (SSSR count). The summed E-state index contributed by atoms with van der Waals surface area (Å²) >= 11 is 6.22. The number of hydrogen-bond donors (Lipinski definition) is 3. The second kappa shape index (κ2) is 7.79. The number of aromatic nitrogens is 3. The first-order valence-corrected chi connectivity index (χ1v) is 7.72. The number of hydrogen-bond acceptors (Lipinski definition) is 3. The Kier molecular flexibility index (Phi) is 5.77. The van der Waals surface area contributed by atoms with Crippen molar-refractivity contribution in [1.29, 1.82) is 0 Å². The Bertz CT molecular complexity index is 627. The van der Waals surface area contributed by atoms with Crippen molar-refractivity contribution in [2.45, 2.75) is 33.1 Å². The first-order chi connectivity index (χ1) is 10.7. The van der Waals surface area contributed by atoms with Gasteiger partial charge in [-0.2, -0.15) is 5.10 Å². The number of halogens is 1. The number of aromatic amines is 1. The van der Waals surface area contributed by atoms with Gasteiger partial charge in [-0.3, -0.25) is 5.10 Å². The first-order valence-electron chi connectivity index (χ1n) is 7.35. The largest absolute Gasteiger partial charge is 0.337 e. The molecule has 0 bridgehead atoms. The smallest absolute Gasteiger partial charge is 0.319 e. The van der Waals surface area contributed by atoms with Gasteiger partial charge in [-0.15, -0.1) is 0 Å². The van der Waals surface area contributed by atoms with Crippen LogP contribution >= 0.6 is 11.6 Å². The van der Waals surface area contributed by atoms with Crippen molar-refractivity contribution in [1.82, 2.24) is 20.5 Å². The van der Waals surface area contributed by atoms with Crippen LogP contribution < -0.4 is 10.6 Å². The third kappa shape index (κ3) is 3.98. The number of rotatable bonds is 6. The van der Waals surface area contributed by atoms with Crippen LogP contribution in [0.3, 0.4) is 0 Å². The Hall–Kier alpha value is -2.08. The molecule has 6 nitrogen and oxygen atoms in total. The summed E-state index contributed by atoms with van der Waals surface area (Å²) in [4.78, 5) is 16.1. The highest BCUT2D eigenvalue weighted by atomic mass is 35.5. The van der Waals surface area contributed by atoms with E-state index < -0.39 is 0 Å². The van der Waals surface area contributed by atoms with Crippen LogP contribution in [0.4, 0.5) is 10.5 Å². The SMILES string of the molecule is CCc1ccc(Cl)c(CC)c1NC(=O)NCCc1ncn[nH]1. The number of carbonyl (C=O) groups is 1. The number of aryl methyl sites for hydroxylation is 1. The van der Waals surface area contributed by atoms with E-state index in [0.717, 1.165) is 35.5 Å². The number of anilines is 1. The van der Waals surface area contributed by atoms with Crippen LogP contribution in [0.15, 0.2) is 18.5 Å². The topological polar surface area (TPSA) is 82.7 Å². The van der Waals surface area contributed by atoms with Crippen molar-refractivity contribution in [3.05, 3.63) is 40.4 Å². The molecule has 1 aromatic carbocycles. The van der Waals surface area contributed by atoms with Gasteiger partial charge >= 0.3 is 6.03 Å². The fraction of sp³-hybridized carbons (Fsp3) is 0.400. The molecule has 1 aromatic heterocycles. The number of nitrogens with one attached hydrogen (secondary N) is 3. The number of urea groups is 1. The lowest BCUT2D eigenvalue weighted by atomic mass is 10.0. The van der Waals surface area contributed by atoms with Gasteiger partial charge in [0, 0.05) is 18.0 Å². The minimum Gasteiger partial charge on any atom is -0.337 e. The summed E-state index contributed by atoms with van der Waals surface area (Å²) in [6, 6.07) is 3.59. The summed E-state index contributed by atoms with van der Waals surface area (Å²) in [6.45, 7) is 4.55. The van der Waals surface area contributed by atoms with E-state index in [1.54, 1.807) is 0 Å². The lowest BCUT2D eigenvalue weighted by Gasteiger charge is -2.16. The standard InChI is InChI=1S/C15H20ClN5O/c1-3-10-5-6-12(16)11(4-2)14(10)20-15(22)17-8-7-13-18-9-19-21-13/h5-6,9H,3-4,7-8H2,1-2H3,(H2,17,20,22)(H,18,19,21). The summed E-state index contributed by atoms with van der Waals surface area (Å²) in [6.07, 6.45) is 3.64. The van der Waals surface area contributed by atoms with E-state index in [-0.39, 0.29) is 6.03 Å². The van der Waals surface area contributed by atoms with Crippen molar-refractivity contribution in [3.63, 3.8) is 0 Å². The number of nitrogens with zero attached hydrogens (tertiary/aromatic N) is 2. The number of carbonyl (C=O) groups excluding carboxylic acids is 1. The van der Waals surface area contributed by atoms with Crippen molar-refractivity contribution >= 4 is 23.3 Å². The maximum absolute atomic E-state index is 12.1. The van der Waals surface area contributed by atoms with Gasteiger partial charge in [0.2, 0.25) is 0 Å². The minimum absolute atomic E-state index is 0.244. The molecule has 7 heteroatoms. The fourth-order valence-electron chi connectivity index (χ4n) is 2.27. The predicted molar refractivity (Wildman–Crippen MR) is 87.3 cm³/mol. The van der Waals surface area contributed by atoms with E-state index in [2.05, 4.69) is 32.7 Å². The van der Waals surface area contributed by atoms with Crippen molar-refractivity contribution < 1.29 is 4.79 Å². The molecule has 0 aliphatic heterocycles. The molecule has 118 valence electrons. The Morgan fingerprint density at radius 3 is 2.77 bits per heavy atom. The molecule has 0 aliphatic rings. The Morgan fingerprint density at radius 2 is 2.14 bits per heavy atom. The van der Waals surface area contributed by atoms with Gasteiger partial charge in [0.15, 0.2) is 0 Å². The van der Waals surface area contributed by atoms with Crippen LogP contribution in [0, 0.1) is 0 Å². The van der Waals surface area contributed by atoms with Crippen molar-refractivity contribution in [2.75, 3.05) is 11.9 Å². The molecule has 0 spiro atoms. The fourth-order valence-corrected chi connectivity index (χ4v) is 2.56. The molecule has 3 N–H and O–H groups in total. The van der Waals surface area contributed by atoms with Crippen molar-refractivity contribution in [2.24, 2.45) is 0 Å². The summed E-state index contributed by atoms with van der Waals surface area (Å²) in [5.74, 6) is 0.742. The Balaban J connectivity index is 1.99. The molecule has 2 amide bonds. The molecular weight excluding hydrogens is 302 g/mol. The molecule has 0 radical (unpaired) electrons. The third-order valence-electron chi connectivity index (χ3n) is 3.43. The number of benzene rings is 1. The molecule has 1 heterocycles. The summed E-state index contributed by atoms with van der Waals surface area (Å²) in [5.41, 5.74) is 2.85. The van der Waals surface area contributed by atoms with E-state index in [1.807, 2.05) is 19.1 Å². The molecular formula is C15H20ClN5O. The zero-order valence-electron chi connectivity index (χ0n) is 12.7. The van der Waals surface area contributed by atoms with E-state index >= 15 is 0 Å². The molecule has 0 unspecified atom stereocenters. The average molecular weight is 322 g/mol. The van der Waals surface area contributed by atoms with E-state index in [4.69, 9.17) is 11.6 Å². The average Bonchev–Trinajstić information content (AvgIpc) is 3.01. The quantitative estimate of drug-likeness (QED) is 0.765. The van der Waals surface area contributed by atoms with Gasteiger partial charge < -0.3 is 10.6 Å². The van der Waals surface area contributed by atoms with Gasteiger partial charge in [0.25, 0.3) is 0 Å². The summed E-state index contributed by atoms with van der Waals surface area (Å²) in [7, 11) is 0. The van der Waals surface area contributed by atoms with E-state index in [1.165, 1.54) is 6.33 Å². The number of H-pyrrole nitrogens is 1. The van der Waals surface area contributed by atoms with Crippen LogP contribution in [0.5, 0.6) is 0 Å². The van der Waals surface area contributed by atoms with Gasteiger partial charge in [-0.05, 0) is 30.0 Å². The Morgan fingerprint density at radius 1 is 1.32 bits per heavy atom. The second-order valence-corrected chi connectivity index (χ2v) is 5.24. The lowest BCUT2D eigenvalue weighted by Crippen LogP contribution is -2.31. The highest BCUT2D eigenvalue weighted by molar-refractivity contribution is 6.31. The summed E-state index contributed by atoms with van der Waals surface area (Å²) in [5, 5.41) is 12.9. The van der Waals surface area contributed by atoms with E-state index in [9.17, 15) is 4.79 Å². The highest BCUT2D eigenvalue weighted by Crippen LogP contribution is 2.29. The van der Waals surface area contributed by atoms with Crippen LogP contribution in [-0.2, 0) is 19.3 Å². The van der Waals surface area contributed by atoms with Crippen LogP contribution in [0.2, 0.25) is 5.02 Å². The molecule has 0 saturated heterocycles. The van der Waals surface area contributed by atoms with Crippen LogP contribution in [0.1, 0.15) is 30.8 Å². The molecule has 2 aromatic rings. The van der Waals surface area contributed by atoms with Gasteiger partial charge in [0.05, 0.1) is 5.69 Å². The molecule has 0 saturated carbocycles. The number of amides is 2. The second-order valence-electron chi connectivity index (χ2n) is 4.83. The predicted octanol–water partition coefficient (Wildman–Crippen LogP) is 2.95.